The first-order chi connectivity index (χ1) is 11.0. The largest absolute Gasteiger partial charge is 0.269 e. The molecule has 2 aromatic carbocycles. The van der Waals surface area contributed by atoms with E-state index in [2.05, 4.69) is 10.9 Å². The molecule has 0 saturated carbocycles. The first kappa shape index (κ1) is 17.1. The second-order valence-corrected chi connectivity index (χ2v) is 6.22. The van der Waals surface area contributed by atoms with Gasteiger partial charge in [-0.25, -0.2) is 0 Å². The minimum Gasteiger partial charge on any atom is -0.267 e. The zero-order valence-electron chi connectivity index (χ0n) is 13.5. The van der Waals surface area contributed by atoms with Crippen LogP contribution in [0.15, 0.2) is 42.5 Å². The fraction of sp³-hybridized carbons (Fsp3) is 0.222. The number of amides is 2. The molecule has 2 N–H and O–H groups in total. The number of hydrogen-bond acceptors (Lipinski definition) is 3. The summed E-state index contributed by atoms with van der Waals surface area (Å²) in [7, 11) is 0. The maximum Gasteiger partial charge on any atom is 0.269 e. The molecule has 0 aliphatic heterocycles. The van der Waals surface area contributed by atoms with Gasteiger partial charge < -0.3 is 0 Å². The van der Waals surface area contributed by atoms with Gasteiger partial charge in [-0.15, -0.1) is 0 Å². The maximum atomic E-state index is 12.1. The van der Waals surface area contributed by atoms with Crippen LogP contribution in [-0.2, 0) is 5.75 Å². The van der Waals surface area contributed by atoms with E-state index in [1.165, 1.54) is 0 Å². The third kappa shape index (κ3) is 4.60. The Bertz CT molecular complexity index is 711. The molecule has 0 fully saturated rings. The summed E-state index contributed by atoms with van der Waals surface area (Å²) in [6.45, 7) is 3.84. The number of hydrogen-bond donors (Lipinski definition) is 2. The van der Waals surface area contributed by atoms with Gasteiger partial charge in [-0.3, -0.25) is 20.4 Å². The van der Waals surface area contributed by atoms with Gasteiger partial charge in [0.2, 0.25) is 0 Å². The average Bonchev–Trinajstić information content (AvgIpc) is 2.53. The number of benzene rings is 2. The highest BCUT2D eigenvalue weighted by molar-refractivity contribution is 7.97. The molecule has 4 nitrogen and oxygen atoms in total. The van der Waals surface area contributed by atoms with Crippen molar-refractivity contribution in [1.82, 2.24) is 10.9 Å². The molecule has 2 aromatic rings. The van der Waals surface area contributed by atoms with Crippen molar-refractivity contribution >= 4 is 23.6 Å². The minimum atomic E-state index is -0.334. The third-order valence-electron chi connectivity index (χ3n) is 3.44. The van der Waals surface area contributed by atoms with Crippen LogP contribution < -0.4 is 10.9 Å². The van der Waals surface area contributed by atoms with Crippen molar-refractivity contribution in [2.24, 2.45) is 0 Å². The number of aryl methyl sites for hydroxylation is 2. The first-order valence-corrected chi connectivity index (χ1v) is 8.66. The molecule has 0 bridgehead atoms. The zero-order chi connectivity index (χ0) is 16.8. The number of nitrogens with one attached hydrogen (secondary N) is 2. The number of rotatable bonds is 4. The van der Waals surface area contributed by atoms with E-state index < -0.39 is 0 Å². The monoisotopic (exact) mass is 328 g/mol. The fourth-order valence-electron chi connectivity index (χ4n) is 2.24. The smallest absolute Gasteiger partial charge is 0.267 e. The molecule has 0 atom stereocenters. The second kappa shape index (κ2) is 7.83. The number of hydrazine groups is 1. The molecule has 0 unspecified atom stereocenters. The predicted octanol–water partition coefficient (Wildman–Crippen LogP) is 3.24. The number of carbonyl (C=O) groups is 2. The summed E-state index contributed by atoms with van der Waals surface area (Å²) in [6, 6.07) is 12.9. The molecule has 5 heteroatoms. The van der Waals surface area contributed by atoms with E-state index in [1.807, 2.05) is 44.4 Å². The summed E-state index contributed by atoms with van der Waals surface area (Å²) in [5, 5.41) is 0. The van der Waals surface area contributed by atoms with Gasteiger partial charge >= 0.3 is 0 Å². The topological polar surface area (TPSA) is 58.2 Å². The standard InChI is InChI=1S/C18H20N2O2S/c1-12-4-9-16(13(2)10-12)18(22)20-19-17(21)15-7-5-14(6-8-15)11-23-3/h4-10H,11H2,1-3H3,(H,19,21)(H,20,22). The lowest BCUT2D eigenvalue weighted by atomic mass is 10.1. The van der Waals surface area contributed by atoms with Crippen LogP contribution in [-0.4, -0.2) is 18.1 Å². The quantitative estimate of drug-likeness (QED) is 0.847. The van der Waals surface area contributed by atoms with E-state index in [1.54, 1.807) is 30.0 Å². The number of thioether (sulfide) groups is 1. The molecule has 0 aromatic heterocycles. The van der Waals surface area contributed by atoms with Crippen molar-refractivity contribution in [3.05, 3.63) is 70.3 Å². The SMILES string of the molecule is CSCc1ccc(C(=O)NNC(=O)c2ccc(C)cc2C)cc1. The van der Waals surface area contributed by atoms with Gasteiger partial charge in [-0.2, -0.15) is 11.8 Å². The summed E-state index contributed by atoms with van der Waals surface area (Å²) >= 11 is 1.73. The van der Waals surface area contributed by atoms with Gasteiger partial charge in [-0.1, -0.05) is 29.8 Å². The van der Waals surface area contributed by atoms with Crippen LogP contribution in [0.1, 0.15) is 37.4 Å². The first-order valence-electron chi connectivity index (χ1n) is 7.27. The molecular formula is C18H20N2O2S. The van der Waals surface area contributed by atoms with E-state index >= 15 is 0 Å². The normalized spacial score (nSPS) is 10.2. The summed E-state index contributed by atoms with van der Waals surface area (Å²) in [5.74, 6) is 0.249. The molecule has 2 amide bonds. The Kier molecular flexibility index (Phi) is 5.82. The lowest BCUT2D eigenvalue weighted by Crippen LogP contribution is -2.41. The molecule has 2 rings (SSSR count). The van der Waals surface area contributed by atoms with Crippen LogP contribution >= 0.6 is 11.8 Å². The Morgan fingerprint density at radius 2 is 1.61 bits per heavy atom. The van der Waals surface area contributed by atoms with Gasteiger partial charge in [0, 0.05) is 16.9 Å². The Morgan fingerprint density at radius 3 is 2.22 bits per heavy atom. The molecular weight excluding hydrogens is 308 g/mol. The highest BCUT2D eigenvalue weighted by atomic mass is 32.2. The molecule has 0 saturated heterocycles. The van der Waals surface area contributed by atoms with Crippen molar-refractivity contribution < 1.29 is 9.59 Å². The Labute approximate surface area is 140 Å². The minimum absolute atomic E-state index is 0.324. The van der Waals surface area contributed by atoms with Gasteiger partial charge in [-0.05, 0) is 49.4 Å². The van der Waals surface area contributed by atoms with E-state index in [0.29, 0.717) is 11.1 Å². The van der Waals surface area contributed by atoms with Crippen molar-refractivity contribution in [2.45, 2.75) is 19.6 Å². The Morgan fingerprint density at radius 1 is 0.957 bits per heavy atom. The Hall–Kier alpha value is -2.27. The molecule has 23 heavy (non-hydrogen) atoms. The van der Waals surface area contributed by atoms with E-state index in [9.17, 15) is 9.59 Å². The fourth-order valence-corrected chi connectivity index (χ4v) is 2.77. The second-order valence-electron chi connectivity index (χ2n) is 5.36. The summed E-state index contributed by atoms with van der Waals surface area (Å²) in [6.07, 6.45) is 2.03. The van der Waals surface area contributed by atoms with Gasteiger partial charge in [0.25, 0.3) is 11.8 Å². The van der Waals surface area contributed by atoms with Crippen molar-refractivity contribution in [1.29, 1.82) is 0 Å². The van der Waals surface area contributed by atoms with Crippen LogP contribution in [0.25, 0.3) is 0 Å². The van der Waals surface area contributed by atoms with E-state index in [-0.39, 0.29) is 11.8 Å². The Balaban J connectivity index is 1.96. The van der Waals surface area contributed by atoms with Gasteiger partial charge in [0.05, 0.1) is 0 Å². The molecule has 0 spiro atoms. The molecule has 0 aliphatic rings. The summed E-state index contributed by atoms with van der Waals surface area (Å²) in [4.78, 5) is 24.2. The zero-order valence-corrected chi connectivity index (χ0v) is 14.3. The van der Waals surface area contributed by atoms with E-state index in [4.69, 9.17) is 0 Å². The lowest BCUT2D eigenvalue weighted by molar-refractivity contribution is 0.0846. The maximum absolute atomic E-state index is 12.1. The van der Waals surface area contributed by atoms with Crippen molar-refractivity contribution in [2.75, 3.05) is 6.26 Å². The molecule has 120 valence electrons. The highest BCUT2D eigenvalue weighted by Gasteiger charge is 2.11. The summed E-state index contributed by atoms with van der Waals surface area (Å²) < 4.78 is 0. The van der Waals surface area contributed by atoms with Crippen molar-refractivity contribution in [3.8, 4) is 0 Å². The number of carbonyl (C=O) groups excluding carboxylic acids is 2. The molecule has 0 radical (unpaired) electrons. The molecule has 0 aliphatic carbocycles. The van der Waals surface area contributed by atoms with Crippen LogP contribution in [0.2, 0.25) is 0 Å². The van der Waals surface area contributed by atoms with Gasteiger partial charge in [0.15, 0.2) is 0 Å². The third-order valence-corrected chi connectivity index (χ3v) is 4.07. The summed E-state index contributed by atoms with van der Waals surface area (Å²) in [5.41, 5.74) is 9.08. The highest BCUT2D eigenvalue weighted by Crippen LogP contribution is 2.11. The molecule has 0 heterocycles. The van der Waals surface area contributed by atoms with Crippen LogP contribution in [0.3, 0.4) is 0 Å². The van der Waals surface area contributed by atoms with E-state index in [0.717, 1.165) is 22.4 Å². The predicted molar refractivity (Wildman–Crippen MR) is 94.5 cm³/mol. The van der Waals surface area contributed by atoms with Crippen LogP contribution in [0.4, 0.5) is 0 Å². The van der Waals surface area contributed by atoms with Crippen molar-refractivity contribution in [3.63, 3.8) is 0 Å². The lowest BCUT2D eigenvalue weighted by Gasteiger charge is -2.10. The van der Waals surface area contributed by atoms with Crippen LogP contribution in [0.5, 0.6) is 0 Å². The van der Waals surface area contributed by atoms with Crippen LogP contribution in [0, 0.1) is 13.8 Å². The average molecular weight is 328 g/mol. The van der Waals surface area contributed by atoms with Gasteiger partial charge in [0.1, 0.15) is 0 Å².